The van der Waals surface area contributed by atoms with Gasteiger partial charge in [-0.1, -0.05) is 11.6 Å². The molecule has 0 aromatic heterocycles. The van der Waals surface area contributed by atoms with Crippen LogP contribution in [0.15, 0.2) is 16.6 Å². The first-order valence-electron chi connectivity index (χ1n) is 3.07. The van der Waals surface area contributed by atoms with Gasteiger partial charge in [-0.3, -0.25) is 0 Å². The summed E-state index contributed by atoms with van der Waals surface area (Å²) in [6.07, 6.45) is 0. The van der Waals surface area contributed by atoms with Crippen LogP contribution in [0.4, 0.5) is 11.4 Å². The average molecular weight is 236 g/mol. The average Bonchev–Trinajstić information content (AvgIpc) is 1.85. The van der Waals surface area contributed by atoms with Crippen LogP contribution in [0, 0.1) is 0 Å². The van der Waals surface area contributed by atoms with Gasteiger partial charge in [-0.2, -0.15) is 0 Å². The molecule has 4 heteroatoms. The Morgan fingerprint density at radius 2 is 2.18 bits per heavy atom. The quantitative estimate of drug-likeness (QED) is 0.735. The Balaban J connectivity index is 3.25. The van der Waals surface area contributed by atoms with Crippen molar-refractivity contribution in [3.8, 4) is 0 Å². The maximum absolute atomic E-state index is 5.74. The normalized spacial score (nSPS) is 9.73. The fourth-order valence-electron chi connectivity index (χ4n) is 0.857. The van der Waals surface area contributed by atoms with Crippen LogP contribution >= 0.6 is 27.5 Å². The molecule has 0 aliphatic carbocycles. The Morgan fingerprint density at radius 1 is 1.55 bits per heavy atom. The highest BCUT2D eigenvalue weighted by Gasteiger charge is 2.02. The standard InChI is InChI=1S/C7H8BrClN2/c1-11-7-5(8)2-4(9)3-6(7)10/h2-3,11H,10H2,1H3. The monoisotopic (exact) mass is 234 g/mol. The Kier molecular flexibility index (Phi) is 2.62. The zero-order valence-corrected chi connectivity index (χ0v) is 8.33. The van der Waals surface area contributed by atoms with Gasteiger partial charge in [0.25, 0.3) is 0 Å². The first-order chi connectivity index (χ1) is 5.15. The molecule has 0 aliphatic rings. The van der Waals surface area contributed by atoms with Gasteiger partial charge < -0.3 is 11.1 Å². The minimum atomic E-state index is 0.633. The Hall–Kier alpha value is -0.410. The highest BCUT2D eigenvalue weighted by molar-refractivity contribution is 9.10. The van der Waals surface area contributed by atoms with Crippen LogP contribution in [0.3, 0.4) is 0 Å². The number of nitrogens with one attached hydrogen (secondary N) is 1. The molecule has 0 atom stereocenters. The Bertz CT molecular complexity index is 252. The number of hydrogen-bond donors (Lipinski definition) is 2. The minimum absolute atomic E-state index is 0.633. The van der Waals surface area contributed by atoms with E-state index in [0.29, 0.717) is 10.7 Å². The van der Waals surface area contributed by atoms with Crippen molar-refractivity contribution in [2.45, 2.75) is 0 Å². The van der Waals surface area contributed by atoms with Crippen LogP contribution in [-0.2, 0) is 0 Å². The number of halogens is 2. The van der Waals surface area contributed by atoms with Gasteiger partial charge in [-0.25, -0.2) is 0 Å². The summed E-state index contributed by atoms with van der Waals surface area (Å²) in [6, 6.07) is 3.50. The van der Waals surface area contributed by atoms with Gasteiger partial charge in [0.1, 0.15) is 0 Å². The molecular weight excluding hydrogens is 227 g/mol. The van der Waals surface area contributed by atoms with Crippen molar-refractivity contribution in [3.05, 3.63) is 21.6 Å². The lowest BCUT2D eigenvalue weighted by atomic mass is 10.3. The van der Waals surface area contributed by atoms with Crippen LogP contribution in [-0.4, -0.2) is 7.05 Å². The van der Waals surface area contributed by atoms with Crippen LogP contribution in [0.1, 0.15) is 0 Å². The van der Waals surface area contributed by atoms with E-state index in [2.05, 4.69) is 21.2 Å². The summed E-state index contributed by atoms with van der Waals surface area (Å²) < 4.78 is 0.880. The summed E-state index contributed by atoms with van der Waals surface area (Å²) in [5.41, 5.74) is 7.17. The van der Waals surface area contributed by atoms with E-state index in [9.17, 15) is 0 Å². The number of hydrogen-bond acceptors (Lipinski definition) is 2. The molecule has 2 nitrogen and oxygen atoms in total. The van der Waals surface area contributed by atoms with Gasteiger partial charge in [-0.15, -0.1) is 0 Å². The van der Waals surface area contributed by atoms with Crippen LogP contribution in [0.25, 0.3) is 0 Å². The van der Waals surface area contributed by atoms with E-state index in [1.54, 1.807) is 12.1 Å². The van der Waals surface area contributed by atoms with E-state index in [1.807, 2.05) is 7.05 Å². The van der Waals surface area contributed by atoms with Gasteiger partial charge >= 0.3 is 0 Å². The van der Waals surface area contributed by atoms with Gasteiger partial charge in [0.05, 0.1) is 11.4 Å². The molecule has 0 saturated heterocycles. The molecule has 1 rings (SSSR count). The lowest BCUT2D eigenvalue weighted by Gasteiger charge is -2.07. The van der Waals surface area contributed by atoms with E-state index in [1.165, 1.54) is 0 Å². The topological polar surface area (TPSA) is 38.0 Å². The second kappa shape index (κ2) is 3.32. The predicted octanol–water partition coefficient (Wildman–Crippen LogP) is 2.73. The molecule has 0 radical (unpaired) electrons. The molecule has 0 heterocycles. The third-order valence-electron chi connectivity index (χ3n) is 1.34. The second-order valence-corrected chi connectivity index (χ2v) is 3.39. The van der Waals surface area contributed by atoms with E-state index in [-0.39, 0.29) is 0 Å². The van der Waals surface area contributed by atoms with Gasteiger partial charge in [0, 0.05) is 16.5 Å². The fraction of sp³-hybridized carbons (Fsp3) is 0.143. The largest absolute Gasteiger partial charge is 0.397 e. The zero-order valence-electron chi connectivity index (χ0n) is 5.99. The summed E-state index contributed by atoms with van der Waals surface area (Å²) >= 11 is 9.07. The Morgan fingerprint density at radius 3 is 2.64 bits per heavy atom. The SMILES string of the molecule is CNc1c(N)cc(Cl)cc1Br. The molecule has 1 aromatic rings. The third-order valence-corrected chi connectivity index (χ3v) is 2.18. The maximum Gasteiger partial charge on any atom is 0.0716 e. The molecule has 0 aliphatic heterocycles. The summed E-state index contributed by atoms with van der Waals surface area (Å²) in [7, 11) is 1.81. The molecule has 60 valence electrons. The van der Waals surface area contributed by atoms with Crippen molar-refractivity contribution >= 4 is 38.9 Å². The molecule has 0 spiro atoms. The first-order valence-corrected chi connectivity index (χ1v) is 4.24. The van der Waals surface area contributed by atoms with Crippen LogP contribution < -0.4 is 11.1 Å². The summed E-state index contributed by atoms with van der Waals surface area (Å²) in [4.78, 5) is 0. The summed E-state index contributed by atoms with van der Waals surface area (Å²) in [5, 5.41) is 3.59. The van der Waals surface area contributed by atoms with Crippen molar-refractivity contribution < 1.29 is 0 Å². The molecule has 0 fully saturated rings. The van der Waals surface area contributed by atoms with Crippen LogP contribution in [0.5, 0.6) is 0 Å². The van der Waals surface area contributed by atoms with E-state index < -0.39 is 0 Å². The number of benzene rings is 1. The molecular formula is C7H8BrClN2. The molecule has 0 unspecified atom stereocenters. The first kappa shape index (κ1) is 8.68. The van der Waals surface area contributed by atoms with Crippen LogP contribution in [0.2, 0.25) is 5.02 Å². The van der Waals surface area contributed by atoms with E-state index in [4.69, 9.17) is 17.3 Å². The van der Waals surface area contributed by atoms with Gasteiger partial charge in [0.2, 0.25) is 0 Å². The second-order valence-electron chi connectivity index (χ2n) is 2.10. The Labute approximate surface area is 78.9 Å². The maximum atomic E-state index is 5.74. The molecule has 1 aromatic carbocycles. The fourth-order valence-corrected chi connectivity index (χ4v) is 1.89. The lowest BCUT2D eigenvalue weighted by molar-refractivity contribution is 1.49. The molecule has 0 saturated carbocycles. The van der Waals surface area contributed by atoms with Crippen molar-refractivity contribution in [1.82, 2.24) is 0 Å². The van der Waals surface area contributed by atoms with E-state index in [0.717, 1.165) is 10.2 Å². The smallest absolute Gasteiger partial charge is 0.0716 e. The van der Waals surface area contributed by atoms with Crippen molar-refractivity contribution in [1.29, 1.82) is 0 Å². The highest BCUT2D eigenvalue weighted by atomic mass is 79.9. The number of nitrogens with two attached hydrogens (primary N) is 1. The van der Waals surface area contributed by atoms with Crippen molar-refractivity contribution in [3.63, 3.8) is 0 Å². The van der Waals surface area contributed by atoms with Crippen molar-refractivity contribution in [2.24, 2.45) is 0 Å². The number of rotatable bonds is 1. The molecule has 0 bridgehead atoms. The zero-order chi connectivity index (χ0) is 8.43. The summed E-state index contributed by atoms with van der Waals surface area (Å²) in [6.45, 7) is 0. The number of nitrogen functional groups attached to an aromatic ring is 1. The minimum Gasteiger partial charge on any atom is -0.397 e. The molecule has 11 heavy (non-hydrogen) atoms. The van der Waals surface area contributed by atoms with Gasteiger partial charge in [0.15, 0.2) is 0 Å². The van der Waals surface area contributed by atoms with E-state index >= 15 is 0 Å². The molecule has 3 N–H and O–H groups in total. The highest BCUT2D eigenvalue weighted by Crippen LogP contribution is 2.31. The van der Waals surface area contributed by atoms with Crippen molar-refractivity contribution in [2.75, 3.05) is 18.1 Å². The third kappa shape index (κ3) is 1.79. The van der Waals surface area contributed by atoms with Gasteiger partial charge in [-0.05, 0) is 28.1 Å². The predicted molar refractivity (Wildman–Crippen MR) is 53.1 cm³/mol. The lowest BCUT2D eigenvalue weighted by Crippen LogP contribution is -1.96. The summed E-state index contributed by atoms with van der Waals surface area (Å²) in [5.74, 6) is 0. The molecule has 0 amide bonds. The number of anilines is 2.